The van der Waals surface area contributed by atoms with E-state index in [-0.39, 0.29) is 36.2 Å². The van der Waals surface area contributed by atoms with Gasteiger partial charge in [-0.1, -0.05) is 25.1 Å². The third kappa shape index (κ3) is 5.27. The fourth-order valence-electron chi connectivity index (χ4n) is 2.76. The predicted octanol–water partition coefficient (Wildman–Crippen LogP) is 0.826. The second-order valence-corrected chi connectivity index (χ2v) is 7.84. The third-order valence-electron chi connectivity index (χ3n) is 4.16. The molecule has 138 valence electrons. The molecular formula is C17H25N3O4S. The molecule has 1 N–H and O–H groups in total. The normalized spacial score (nSPS) is 18.3. The van der Waals surface area contributed by atoms with E-state index < -0.39 is 10.0 Å². The van der Waals surface area contributed by atoms with Crippen LogP contribution in [0.5, 0.6) is 0 Å². The van der Waals surface area contributed by atoms with Crippen LogP contribution in [0.4, 0.5) is 0 Å². The zero-order chi connectivity index (χ0) is 18.3. The van der Waals surface area contributed by atoms with Crippen molar-refractivity contribution in [2.45, 2.75) is 31.1 Å². The Morgan fingerprint density at radius 2 is 1.84 bits per heavy atom. The van der Waals surface area contributed by atoms with Gasteiger partial charge in [-0.25, -0.2) is 8.42 Å². The molecule has 0 atom stereocenters. The summed E-state index contributed by atoms with van der Waals surface area (Å²) in [5.41, 5.74) is 0. The first-order valence-electron chi connectivity index (χ1n) is 8.55. The molecule has 0 radical (unpaired) electrons. The van der Waals surface area contributed by atoms with Gasteiger partial charge in [-0.2, -0.15) is 4.31 Å². The Bertz CT molecular complexity index is 691. The number of carbonyl (C=O) groups is 2. The monoisotopic (exact) mass is 367 g/mol. The summed E-state index contributed by atoms with van der Waals surface area (Å²) in [6, 6.07) is 8.20. The maximum atomic E-state index is 12.8. The molecule has 0 spiro atoms. The second-order valence-electron chi connectivity index (χ2n) is 5.90. The van der Waals surface area contributed by atoms with Gasteiger partial charge in [-0.15, -0.1) is 0 Å². The van der Waals surface area contributed by atoms with E-state index in [0.717, 1.165) is 0 Å². The first-order valence-corrected chi connectivity index (χ1v) is 9.99. The summed E-state index contributed by atoms with van der Waals surface area (Å²) in [5, 5.41) is 2.75. The van der Waals surface area contributed by atoms with Gasteiger partial charge in [-0.3, -0.25) is 9.59 Å². The van der Waals surface area contributed by atoms with E-state index in [2.05, 4.69) is 5.32 Å². The van der Waals surface area contributed by atoms with Crippen LogP contribution in [0.2, 0.25) is 0 Å². The van der Waals surface area contributed by atoms with E-state index in [4.69, 9.17) is 0 Å². The Morgan fingerprint density at radius 3 is 2.52 bits per heavy atom. The van der Waals surface area contributed by atoms with Gasteiger partial charge < -0.3 is 10.2 Å². The van der Waals surface area contributed by atoms with Gasteiger partial charge in [0.15, 0.2) is 0 Å². The average molecular weight is 367 g/mol. The van der Waals surface area contributed by atoms with Crippen molar-refractivity contribution < 1.29 is 18.0 Å². The minimum absolute atomic E-state index is 0.00552. The molecule has 0 bridgehead atoms. The van der Waals surface area contributed by atoms with Crippen molar-refractivity contribution in [3.05, 3.63) is 30.3 Å². The highest BCUT2D eigenvalue weighted by Crippen LogP contribution is 2.16. The van der Waals surface area contributed by atoms with Crippen LogP contribution in [-0.4, -0.2) is 62.2 Å². The largest absolute Gasteiger partial charge is 0.354 e. The van der Waals surface area contributed by atoms with Crippen molar-refractivity contribution in [3.63, 3.8) is 0 Å². The van der Waals surface area contributed by atoms with Crippen LogP contribution in [0.3, 0.4) is 0 Å². The van der Waals surface area contributed by atoms with Gasteiger partial charge in [0.05, 0.1) is 4.90 Å². The summed E-state index contributed by atoms with van der Waals surface area (Å²) in [6.45, 7) is 3.50. The fourth-order valence-corrected chi connectivity index (χ4v) is 4.26. The molecule has 25 heavy (non-hydrogen) atoms. The van der Waals surface area contributed by atoms with E-state index in [9.17, 15) is 18.0 Å². The van der Waals surface area contributed by atoms with Crippen molar-refractivity contribution in [1.82, 2.24) is 14.5 Å². The van der Waals surface area contributed by atoms with Crippen molar-refractivity contribution in [1.29, 1.82) is 0 Å². The Labute approximate surface area is 149 Å². The van der Waals surface area contributed by atoms with Crippen molar-refractivity contribution in [3.8, 4) is 0 Å². The predicted molar refractivity (Wildman–Crippen MR) is 94.3 cm³/mol. The van der Waals surface area contributed by atoms with Gasteiger partial charge in [0.1, 0.15) is 0 Å². The van der Waals surface area contributed by atoms with Crippen LogP contribution in [-0.2, 0) is 19.6 Å². The summed E-state index contributed by atoms with van der Waals surface area (Å²) in [5.74, 6) is -0.204. The SMILES string of the molecule is CCC(=O)N1CCCN(S(=O)(=O)c2ccccc2)CCC(=O)NCC1. The molecule has 1 aromatic carbocycles. The number of carbonyl (C=O) groups excluding carboxylic acids is 2. The molecule has 1 aliphatic heterocycles. The number of amides is 2. The number of sulfonamides is 1. The van der Waals surface area contributed by atoms with E-state index in [1.165, 1.54) is 4.31 Å². The van der Waals surface area contributed by atoms with Crippen molar-refractivity contribution in [2.24, 2.45) is 0 Å². The van der Waals surface area contributed by atoms with Crippen LogP contribution < -0.4 is 5.32 Å². The van der Waals surface area contributed by atoms with E-state index in [1.54, 1.807) is 42.2 Å². The molecule has 0 unspecified atom stereocenters. The molecule has 2 rings (SSSR count). The fraction of sp³-hybridized carbons (Fsp3) is 0.529. The number of nitrogens with one attached hydrogen (secondary N) is 1. The molecule has 0 aliphatic carbocycles. The highest BCUT2D eigenvalue weighted by atomic mass is 32.2. The lowest BCUT2D eigenvalue weighted by Gasteiger charge is -2.24. The number of hydrogen-bond acceptors (Lipinski definition) is 4. The summed E-state index contributed by atoms with van der Waals surface area (Å²) >= 11 is 0. The number of benzene rings is 1. The molecule has 1 aromatic rings. The van der Waals surface area contributed by atoms with Crippen molar-refractivity contribution >= 4 is 21.8 Å². The van der Waals surface area contributed by atoms with Gasteiger partial charge in [0, 0.05) is 45.6 Å². The van der Waals surface area contributed by atoms with Gasteiger partial charge in [0.2, 0.25) is 21.8 Å². The van der Waals surface area contributed by atoms with Crippen molar-refractivity contribution in [2.75, 3.05) is 32.7 Å². The Hall–Kier alpha value is -1.93. The zero-order valence-corrected chi connectivity index (χ0v) is 15.3. The minimum atomic E-state index is -3.66. The van der Waals surface area contributed by atoms with Gasteiger partial charge >= 0.3 is 0 Å². The van der Waals surface area contributed by atoms with E-state index in [0.29, 0.717) is 32.5 Å². The van der Waals surface area contributed by atoms with Crippen LogP contribution in [0, 0.1) is 0 Å². The molecule has 0 saturated carbocycles. The first kappa shape index (κ1) is 19.4. The third-order valence-corrected chi connectivity index (χ3v) is 6.08. The quantitative estimate of drug-likeness (QED) is 0.857. The Kier molecular flexibility index (Phi) is 6.95. The number of nitrogens with zero attached hydrogens (tertiary/aromatic N) is 2. The lowest BCUT2D eigenvalue weighted by Crippen LogP contribution is -2.38. The molecular weight excluding hydrogens is 342 g/mol. The number of hydrogen-bond donors (Lipinski definition) is 1. The topological polar surface area (TPSA) is 86.8 Å². The molecule has 1 aliphatic rings. The van der Waals surface area contributed by atoms with Crippen LogP contribution in [0.15, 0.2) is 35.2 Å². The van der Waals surface area contributed by atoms with E-state index in [1.807, 2.05) is 0 Å². The van der Waals surface area contributed by atoms with Crippen LogP contribution in [0.25, 0.3) is 0 Å². The summed E-state index contributed by atoms with van der Waals surface area (Å²) in [7, 11) is -3.66. The van der Waals surface area contributed by atoms with Crippen LogP contribution in [0.1, 0.15) is 26.2 Å². The molecule has 1 heterocycles. The Balaban J connectivity index is 2.17. The molecule has 8 heteroatoms. The van der Waals surface area contributed by atoms with E-state index >= 15 is 0 Å². The number of rotatable bonds is 3. The summed E-state index contributed by atoms with van der Waals surface area (Å²) < 4.78 is 27.0. The van der Waals surface area contributed by atoms with Gasteiger partial charge in [0.25, 0.3) is 0 Å². The standard InChI is InChI=1S/C17H25N3O4S/c1-2-17(22)19-11-6-12-20(13-9-16(21)18-10-14-19)25(23,24)15-7-4-3-5-8-15/h3-5,7-8H,2,6,9-14H2,1H3,(H,18,21). The maximum absolute atomic E-state index is 12.8. The highest BCUT2D eigenvalue weighted by Gasteiger charge is 2.25. The lowest BCUT2D eigenvalue weighted by atomic mass is 10.3. The summed E-state index contributed by atoms with van der Waals surface area (Å²) in [6.07, 6.45) is 1.03. The zero-order valence-electron chi connectivity index (χ0n) is 14.5. The maximum Gasteiger partial charge on any atom is 0.243 e. The molecule has 1 fully saturated rings. The average Bonchev–Trinajstić information content (AvgIpc) is 2.66. The summed E-state index contributed by atoms with van der Waals surface area (Å²) in [4.78, 5) is 25.8. The minimum Gasteiger partial charge on any atom is -0.354 e. The first-order chi connectivity index (χ1) is 11.9. The molecule has 0 aromatic heterocycles. The van der Waals surface area contributed by atoms with Crippen LogP contribution >= 0.6 is 0 Å². The highest BCUT2D eigenvalue weighted by molar-refractivity contribution is 7.89. The smallest absolute Gasteiger partial charge is 0.243 e. The molecule has 2 amide bonds. The lowest BCUT2D eigenvalue weighted by molar-refractivity contribution is -0.131. The molecule has 7 nitrogen and oxygen atoms in total. The Morgan fingerprint density at radius 1 is 1.12 bits per heavy atom. The van der Waals surface area contributed by atoms with Gasteiger partial charge in [-0.05, 0) is 18.6 Å². The second kappa shape index (κ2) is 8.96. The molecule has 1 saturated heterocycles.